The summed E-state index contributed by atoms with van der Waals surface area (Å²) in [5.41, 5.74) is 8.48. The van der Waals surface area contributed by atoms with Gasteiger partial charge in [0.15, 0.2) is 0 Å². The van der Waals surface area contributed by atoms with Crippen LogP contribution < -0.4 is 5.73 Å². The van der Waals surface area contributed by atoms with E-state index >= 15 is 0 Å². The quantitative estimate of drug-likeness (QED) is 0.838. The van der Waals surface area contributed by atoms with Gasteiger partial charge in [0.05, 0.1) is 6.04 Å². The van der Waals surface area contributed by atoms with Crippen molar-refractivity contribution in [2.45, 2.75) is 46.1 Å². The monoisotopic (exact) mass is 245 g/mol. The fourth-order valence-electron chi connectivity index (χ4n) is 2.33. The van der Waals surface area contributed by atoms with Gasteiger partial charge in [-0.25, -0.2) is 0 Å². The lowest BCUT2D eigenvalue weighted by molar-refractivity contribution is 0.370. The molecule has 2 unspecified atom stereocenters. The maximum Gasteiger partial charge on any atom is 0.134 e. The summed E-state index contributed by atoms with van der Waals surface area (Å²) in [5, 5.41) is 1.16. The summed E-state index contributed by atoms with van der Waals surface area (Å²) in [6, 6.07) is 8.34. The Morgan fingerprint density at radius 3 is 2.78 bits per heavy atom. The second kappa shape index (κ2) is 5.57. The molecule has 18 heavy (non-hydrogen) atoms. The topological polar surface area (TPSA) is 39.2 Å². The minimum atomic E-state index is 0.00394. The third-order valence-corrected chi connectivity index (χ3v) is 3.65. The summed E-state index contributed by atoms with van der Waals surface area (Å²) >= 11 is 0. The van der Waals surface area contributed by atoms with E-state index in [1.54, 1.807) is 0 Å². The molecule has 0 aliphatic rings. The minimum absolute atomic E-state index is 0.00394. The van der Waals surface area contributed by atoms with E-state index in [0.717, 1.165) is 23.2 Å². The van der Waals surface area contributed by atoms with Crippen molar-refractivity contribution in [3.05, 3.63) is 35.6 Å². The van der Waals surface area contributed by atoms with Gasteiger partial charge in [-0.05, 0) is 37.5 Å². The number of unbranched alkanes of at least 4 members (excludes halogenated alkanes) is 1. The van der Waals surface area contributed by atoms with Crippen molar-refractivity contribution in [3.63, 3.8) is 0 Å². The van der Waals surface area contributed by atoms with E-state index in [1.807, 2.05) is 6.07 Å². The molecule has 2 atom stereocenters. The van der Waals surface area contributed by atoms with Crippen molar-refractivity contribution >= 4 is 11.0 Å². The number of fused-ring (bicyclic) bond motifs is 1. The first-order valence-corrected chi connectivity index (χ1v) is 6.87. The summed E-state index contributed by atoms with van der Waals surface area (Å²) in [6.45, 7) is 6.51. The first-order valence-electron chi connectivity index (χ1n) is 6.87. The molecule has 0 aliphatic heterocycles. The highest BCUT2D eigenvalue weighted by Gasteiger charge is 2.18. The Morgan fingerprint density at radius 2 is 2.06 bits per heavy atom. The first kappa shape index (κ1) is 13.2. The Morgan fingerprint density at radius 1 is 1.28 bits per heavy atom. The fourth-order valence-corrected chi connectivity index (χ4v) is 2.33. The maximum absolute atomic E-state index is 6.29. The van der Waals surface area contributed by atoms with Crippen molar-refractivity contribution in [1.82, 2.24) is 0 Å². The Labute approximate surface area is 109 Å². The van der Waals surface area contributed by atoms with Gasteiger partial charge in [-0.3, -0.25) is 0 Å². The molecule has 0 saturated heterocycles. The van der Waals surface area contributed by atoms with Gasteiger partial charge in [0.2, 0.25) is 0 Å². The van der Waals surface area contributed by atoms with Gasteiger partial charge in [0, 0.05) is 5.39 Å². The number of aryl methyl sites for hydroxylation is 1. The van der Waals surface area contributed by atoms with Gasteiger partial charge in [-0.2, -0.15) is 0 Å². The predicted octanol–water partition coefficient (Wildman–Crippen LogP) is 4.57. The average Bonchev–Trinajstić information content (AvgIpc) is 2.77. The third-order valence-electron chi connectivity index (χ3n) is 3.65. The molecule has 0 spiro atoms. The summed E-state index contributed by atoms with van der Waals surface area (Å²) in [4.78, 5) is 0. The maximum atomic E-state index is 6.29. The van der Waals surface area contributed by atoms with E-state index in [0.29, 0.717) is 5.92 Å². The molecule has 2 aromatic rings. The molecular formula is C16H23NO. The van der Waals surface area contributed by atoms with Gasteiger partial charge in [-0.1, -0.05) is 38.3 Å². The molecule has 1 heterocycles. The number of hydrogen-bond acceptors (Lipinski definition) is 2. The molecule has 98 valence electrons. The van der Waals surface area contributed by atoms with Gasteiger partial charge in [-0.15, -0.1) is 0 Å². The summed E-state index contributed by atoms with van der Waals surface area (Å²) in [6.07, 6.45) is 3.61. The highest BCUT2D eigenvalue weighted by Crippen LogP contribution is 2.29. The third kappa shape index (κ3) is 2.75. The number of hydrogen-bond donors (Lipinski definition) is 1. The highest BCUT2D eigenvalue weighted by molar-refractivity contribution is 5.78. The number of benzene rings is 1. The minimum Gasteiger partial charge on any atom is -0.459 e. The average molecular weight is 245 g/mol. The van der Waals surface area contributed by atoms with Crippen molar-refractivity contribution in [2.24, 2.45) is 11.7 Å². The molecule has 0 radical (unpaired) electrons. The molecule has 1 aromatic carbocycles. The van der Waals surface area contributed by atoms with E-state index in [-0.39, 0.29) is 6.04 Å². The van der Waals surface area contributed by atoms with Crippen molar-refractivity contribution in [3.8, 4) is 0 Å². The number of rotatable bonds is 5. The zero-order valence-corrected chi connectivity index (χ0v) is 11.6. The van der Waals surface area contributed by atoms with Crippen LogP contribution in [0.25, 0.3) is 11.0 Å². The Bertz CT molecular complexity index is 515. The lowest BCUT2D eigenvalue weighted by Crippen LogP contribution is -2.18. The molecule has 0 saturated carbocycles. The van der Waals surface area contributed by atoms with Crippen molar-refractivity contribution in [1.29, 1.82) is 0 Å². The van der Waals surface area contributed by atoms with Gasteiger partial charge in [0.25, 0.3) is 0 Å². The highest BCUT2D eigenvalue weighted by atomic mass is 16.3. The van der Waals surface area contributed by atoms with Crippen LogP contribution in [0, 0.1) is 12.8 Å². The lowest BCUT2D eigenvalue weighted by Gasteiger charge is -2.17. The normalized spacial score (nSPS) is 14.9. The molecule has 2 N–H and O–H groups in total. The molecule has 1 aromatic heterocycles. The Kier molecular flexibility index (Phi) is 4.07. The Hall–Kier alpha value is -1.28. The van der Waals surface area contributed by atoms with Crippen LogP contribution in [0.15, 0.2) is 28.7 Å². The number of furan rings is 1. The van der Waals surface area contributed by atoms with Gasteiger partial charge < -0.3 is 10.2 Å². The van der Waals surface area contributed by atoms with Crippen molar-refractivity contribution < 1.29 is 4.42 Å². The fraction of sp³-hybridized carbons (Fsp3) is 0.500. The Balaban J connectivity index is 2.19. The molecule has 0 aliphatic carbocycles. The standard InChI is InChI=1S/C16H23NO/c1-4-5-6-12(3)16(17)15-10-13-9-11(2)7-8-14(13)18-15/h7-10,12,16H,4-6,17H2,1-3H3. The predicted molar refractivity (Wildman–Crippen MR) is 76.6 cm³/mol. The van der Waals surface area contributed by atoms with Gasteiger partial charge in [0.1, 0.15) is 11.3 Å². The lowest BCUT2D eigenvalue weighted by atomic mass is 9.95. The largest absolute Gasteiger partial charge is 0.459 e. The summed E-state index contributed by atoms with van der Waals surface area (Å²) in [5.74, 6) is 1.38. The zero-order chi connectivity index (χ0) is 13.1. The van der Waals surface area contributed by atoms with Crippen LogP contribution in [0.5, 0.6) is 0 Å². The van der Waals surface area contributed by atoms with Crippen LogP contribution in [-0.4, -0.2) is 0 Å². The van der Waals surface area contributed by atoms with E-state index in [2.05, 4.69) is 39.0 Å². The SMILES string of the molecule is CCCCC(C)C(N)c1cc2cc(C)ccc2o1. The van der Waals surface area contributed by atoms with E-state index in [1.165, 1.54) is 18.4 Å². The second-order valence-corrected chi connectivity index (χ2v) is 5.34. The molecule has 0 bridgehead atoms. The second-order valence-electron chi connectivity index (χ2n) is 5.34. The van der Waals surface area contributed by atoms with E-state index < -0.39 is 0 Å². The molecular weight excluding hydrogens is 222 g/mol. The first-order chi connectivity index (χ1) is 8.61. The zero-order valence-electron chi connectivity index (χ0n) is 11.6. The smallest absolute Gasteiger partial charge is 0.134 e. The van der Waals surface area contributed by atoms with Gasteiger partial charge >= 0.3 is 0 Å². The van der Waals surface area contributed by atoms with E-state index in [9.17, 15) is 0 Å². The summed E-state index contributed by atoms with van der Waals surface area (Å²) < 4.78 is 5.86. The van der Waals surface area contributed by atoms with E-state index in [4.69, 9.17) is 10.2 Å². The molecule has 0 fully saturated rings. The van der Waals surface area contributed by atoms with Crippen LogP contribution in [0.4, 0.5) is 0 Å². The van der Waals surface area contributed by atoms with Crippen LogP contribution in [0.1, 0.15) is 50.5 Å². The molecule has 2 rings (SSSR count). The molecule has 2 nitrogen and oxygen atoms in total. The number of nitrogens with two attached hydrogens (primary N) is 1. The molecule has 0 amide bonds. The summed E-state index contributed by atoms with van der Waals surface area (Å²) in [7, 11) is 0. The molecule has 2 heteroatoms. The van der Waals surface area contributed by atoms with Crippen LogP contribution in [0.3, 0.4) is 0 Å². The van der Waals surface area contributed by atoms with Crippen LogP contribution in [0.2, 0.25) is 0 Å². The van der Waals surface area contributed by atoms with Crippen molar-refractivity contribution in [2.75, 3.05) is 0 Å². The van der Waals surface area contributed by atoms with Crippen LogP contribution >= 0.6 is 0 Å². The van der Waals surface area contributed by atoms with Crippen LogP contribution in [-0.2, 0) is 0 Å².